The number of halogens is 1. The standard InChI is InChI=1S/C25H24ClN3O/c26-20-8-1-5-17(13-20)15-28-16-19-14-22(29-12-4-10-25(19,29)24(28)30)21-9-2-6-18-7-3-11-27-23(18)21/h1-3,5-9,11,13,19,22H,4,10,12,14-16H2/t19-,22-,25-/m0/s1. The van der Waals surface area contributed by atoms with Crippen molar-refractivity contribution in [3.05, 3.63) is 76.9 Å². The molecule has 4 nitrogen and oxygen atoms in total. The summed E-state index contributed by atoms with van der Waals surface area (Å²) >= 11 is 6.17. The molecule has 0 radical (unpaired) electrons. The summed E-state index contributed by atoms with van der Waals surface area (Å²) in [7, 11) is 0. The van der Waals surface area contributed by atoms with Gasteiger partial charge in [-0.1, -0.05) is 48.0 Å². The summed E-state index contributed by atoms with van der Waals surface area (Å²) in [4.78, 5) is 23.0. The van der Waals surface area contributed by atoms with Gasteiger partial charge in [0.1, 0.15) is 5.54 Å². The molecule has 3 fully saturated rings. The van der Waals surface area contributed by atoms with Crippen molar-refractivity contribution in [3.63, 3.8) is 0 Å². The number of fused-ring (bicyclic) bond motifs is 1. The Morgan fingerprint density at radius 2 is 2.00 bits per heavy atom. The van der Waals surface area contributed by atoms with Gasteiger partial charge in [-0.15, -0.1) is 0 Å². The van der Waals surface area contributed by atoms with E-state index in [4.69, 9.17) is 16.6 Å². The highest BCUT2D eigenvalue weighted by molar-refractivity contribution is 6.30. The largest absolute Gasteiger partial charge is 0.336 e. The number of aromatic nitrogens is 1. The molecule has 0 aliphatic carbocycles. The molecule has 1 amide bonds. The van der Waals surface area contributed by atoms with Crippen LogP contribution < -0.4 is 0 Å². The lowest BCUT2D eigenvalue weighted by molar-refractivity contribution is -0.137. The Balaban J connectivity index is 1.34. The number of benzene rings is 2. The topological polar surface area (TPSA) is 36.4 Å². The minimum Gasteiger partial charge on any atom is -0.336 e. The maximum atomic E-state index is 13.8. The SMILES string of the molecule is O=C1N(Cc2cccc(Cl)c2)C[C@@H]2C[C@@H](c3cccc4cccnc34)N3CCC[C@@]123. The molecular weight excluding hydrogens is 394 g/mol. The van der Waals surface area contributed by atoms with Gasteiger partial charge in [0.25, 0.3) is 0 Å². The van der Waals surface area contributed by atoms with E-state index in [0.717, 1.165) is 48.5 Å². The molecule has 1 aromatic heterocycles. The van der Waals surface area contributed by atoms with Gasteiger partial charge in [0.05, 0.1) is 5.52 Å². The molecule has 3 aliphatic heterocycles. The van der Waals surface area contributed by atoms with Crippen LogP contribution in [0.5, 0.6) is 0 Å². The zero-order valence-corrected chi connectivity index (χ0v) is 17.6. The van der Waals surface area contributed by atoms with Gasteiger partial charge < -0.3 is 4.90 Å². The van der Waals surface area contributed by atoms with Crippen LogP contribution in [0.1, 0.15) is 36.4 Å². The lowest BCUT2D eigenvalue weighted by Crippen LogP contribution is -2.49. The van der Waals surface area contributed by atoms with Gasteiger partial charge in [-0.25, -0.2) is 0 Å². The second-order valence-electron chi connectivity index (χ2n) is 8.91. The van der Waals surface area contributed by atoms with E-state index < -0.39 is 0 Å². The Bertz CT molecular complexity index is 1140. The van der Waals surface area contributed by atoms with E-state index in [1.54, 1.807) is 0 Å². The van der Waals surface area contributed by atoms with Crippen molar-refractivity contribution in [2.45, 2.75) is 37.4 Å². The lowest BCUT2D eigenvalue weighted by atomic mass is 9.85. The summed E-state index contributed by atoms with van der Waals surface area (Å²) in [5.74, 6) is 0.677. The van der Waals surface area contributed by atoms with Crippen LogP contribution in [-0.2, 0) is 11.3 Å². The van der Waals surface area contributed by atoms with E-state index in [-0.39, 0.29) is 11.6 Å². The normalized spacial score (nSPS) is 28.3. The van der Waals surface area contributed by atoms with Crippen LogP contribution >= 0.6 is 11.6 Å². The van der Waals surface area contributed by atoms with Crippen LogP contribution in [0.15, 0.2) is 60.8 Å². The van der Waals surface area contributed by atoms with E-state index in [1.807, 2.05) is 30.5 Å². The molecule has 0 N–H and O–H groups in total. The van der Waals surface area contributed by atoms with E-state index in [0.29, 0.717) is 18.4 Å². The fourth-order valence-corrected chi connectivity index (χ4v) is 6.48. The third kappa shape index (κ3) is 2.57. The average molecular weight is 418 g/mol. The molecule has 3 saturated heterocycles. The third-order valence-corrected chi connectivity index (χ3v) is 7.65. The second-order valence-corrected chi connectivity index (χ2v) is 9.34. The van der Waals surface area contributed by atoms with Crippen molar-refractivity contribution >= 4 is 28.4 Å². The number of para-hydroxylation sites is 1. The first kappa shape index (κ1) is 18.3. The Hall–Kier alpha value is -2.43. The number of amides is 1. The first-order valence-corrected chi connectivity index (χ1v) is 11.2. The minimum atomic E-state index is -0.333. The Labute approximate surface area is 181 Å². The van der Waals surface area contributed by atoms with Crippen molar-refractivity contribution in [2.75, 3.05) is 13.1 Å². The third-order valence-electron chi connectivity index (χ3n) is 7.41. The summed E-state index contributed by atoms with van der Waals surface area (Å²) in [6, 6.07) is 18.7. The zero-order chi connectivity index (χ0) is 20.3. The van der Waals surface area contributed by atoms with Crippen molar-refractivity contribution in [2.24, 2.45) is 5.92 Å². The molecule has 3 aromatic rings. The predicted octanol–water partition coefficient (Wildman–Crippen LogP) is 4.83. The minimum absolute atomic E-state index is 0.272. The van der Waals surface area contributed by atoms with Crippen molar-refractivity contribution in [1.82, 2.24) is 14.8 Å². The smallest absolute Gasteiger partial charge is 0.243 e. The van der Waals surface area contributed by atoms with Gasteiger partial charge >= 0.3 is 0 Å². The fourth-order valence-electron chi connectivity index (χ4n) is 6.26. The zero-order valence-electron chi connectivity index (χ0n) is 16.8. The average Bonchev–Trinajstić information content (AvgIpc) is 3.39. The fraction of sp³-hybridized carbons (Fsp3) is 0.360. The second kappa shape index (κ2) is 6.79. The first-order valence-electron chi connectivity index (χ1n) is 10.8. The van der Waals surface area contributed by atoms with Crippen LogP contribution in [0.4, 0.5) is 0 Å². The van der Waals surface area contributed by atoms with Gasteiger partial charge in [-0.2, -0.15) is 0 Å². The molecule has 1 spiro atoms. The Morgan fingerprint density at radius 1 is 1.13 bits per heavy atom. The van der Waals surface area contributed by atoms with Gasteiger partial charge in [0.15, 0.2) is 0 Å². The Kier molecular flexibility index (Phi) is 4.15. The summed E-state index contributed by atoms with van der Waals surface area (Å²) in [5, 5.41) is 1.90. The molecule has 3 atom stereocenters. The molecule has 3 aliphatic rings. The van der Waals surface area contributed by atoms with E-state index in [1.165, 1.54) is 10.9 Å². The first-order chi connectivity index (χ1) is 14.7. The number of hydrogen-bond acceptors (Lipinski definition) is 3. The van der Waals surface area contributed by atoms with Crippen LogP contribution in [0.3, 0.4) is 0 Å². The molecule has 5 heteroatoms. The maximum Gasteiger partial charge on any atom is 0.243 e. The van der Waals surface area contributed by atoms with E-state index in [2.05, 4.69) is 40.1 Å². The summed E-state index contributed by atoms with van der Waals surface area (Å²) in [6.45, 7) is 2.46. The van der Waals surface area contributed by atoms with Crippen LogP contribution in [-0.4, -0.2) is 39.3 Å². The number of nitrogens with zero attached hydrogens (tertiary/aromatic N) is 3. The highest BCUT2D eigenvalue weighted by atomic mass is 35.5. The van der Waals surface area contributed by atoms with Crippen molar-refractivity contribution in [3.8, 4) is 0 Å². The molecule has 0 saturated carbocycles. The van der Waals surface area contributed by atoms with Crippen molar-refractivity contribution in [1.29, 1.82) is 0 Å². The van der Waals surface area contributed by atoms with Gasteiger partial charge in [-0.3, -0.25) is 14.7 Å². The lowest BCUT2D eigenvalue weighted by Gasteiger charge is -2.34. The molecule has 6 rings (SSSR count). The van der Waals surface area contributed by atoms with Gasteiger partial charge in [0, 0.05) is 41.7 Å². The highest BCUT2D eigenvalue weighted by Crippen LogP contribution is 2.56. The quantitative estimate of drug-likeness (QED) is 0.612. The predicted molar refractivity (Wildman–Crippen MR) is 118 cm³/mol. The summed E-state index contributed by atoms with van der Waals surface area (Å²) < 4.78 is 0. The van der Waals surface area contributed by atoms with Crippen molar-refractivity contribution < 1.29 is 4.79 Å². The summed E-state index contributed by atoms with van der Waals surface area (Å²) in [5.41, 5.74) is 3.12. The molecular formula is C25H24ClN3O. The number of pyridine rings is 1. The molecule has 2 aromatic carbocycles. The van der Waals surface area contributed by atoms with Crippen LogP contribution in [0, 0.1) is 5.92 Å². The van der Waals surface area contributed by atoms with Gasteiger partial charge in [0.2, 0.25) is 5.91 Å². The number of likely N-dealkylation sites (tertiary alicyclic amines) is 1. The number of carbonyl (C=O) groups excluding carboxylic acids is 1. The highest BCUT2D eigenvalue weighted by Gasteiger charge is 2.65. The molecule has 0 bridgehead atoms. The number of rotatable bonds is 3. The van der Waals surface area contributed by atoms with Crippen LogP contribution in [0.2, 0.25) is 5.02 Å². The molecule has 4 heterocycles. The maximum absolute atomic E-state index is 13.8. The van der Waals surface area contributed by atoms with Crippen LogP contribution in [0.25, 0.3) is 10.9 Å². The molecule has 0 unspecified atom stereocenters. The van der Waals surface area contributed by atoms with Gasteiger partial charge in [-0.05, 0) is 55.1 Å². The number of carbonyl (C=O) groups is 1. The number of hydrogen-bond donors (Lipinski definition) is 0. The molecule has 152 valence electrons. The summed E-state index contributed by atoms with van der Waals surface area (Å²) in [6.07, 6.45) is 4.95. The molecule has 30 heavy (non-hydrogen) atoms. The van der Waals surface area contributed by atoms with E-state index >= 15 is 0 Å². The van der Waals surface area contributed by atoms with E-state index in [9.17, 15) is 4.79 Å². The monoisotopic (exact) mass is 417 g/mol. The Morgan fingerprint density at radius 3 is 2.90 bits per heavy atom.